The van der Waals surface area contributed by atoms with Gasteiger partial charge in [0.15, 0.2) is 9.84 Å². The third-order valence-corrected chi connectivity index (χ3v) is 5.18. The molecular weight excluding hydrogens is 247 g/mol. The average Bonchev–Trinajstić information content (AvgIpc) is 2.13. The van der Waals surface area contributed by atoms with E-state index >= 15 is 0 Å². The van der Waals surface area contributed by atoms with E-state index in [0.29, 0.717) is 0 Å². The fourth-order valence-corrected chi connectivity index (χ4v) is 3.76. The van der Waals surface area contributed by atoms with E-state index in [2.05, 4.69) is 0 Å². The van der Waals surface area contributed by atoms with Crippen molar-refractivity contribution in [2.75, 3.05) is 0 Å². The maximum atomic E-state index is 12.9. The summed E-state index contributed by atoms with van der Waals surface area (Å²) >= 11 is 0. The molecule has 0 bridgehead atoms. The van der Waals surface area contributed by atoms with E-state index in [0.717, 1.165) is 6.07 Å². The number of carboxylic acids is 1. The molecule has 0 unspecified atom stereocenters. The molecule has 1 aliphatic carbocycles. The Kier molecular flexibility index (Phi) is 2.91. The normalized spacial score (nSPS) is 24.1. The van der Waals surface area contributed by atoms with Gasteiger partial charge in [0, 0.05) is 0 Å². The Labute approximate surface area is 98.0 Å². The Morgan fingerprint density at radius 1 is 1.35 bits per heavy atom. The molecule has 0 saturated heterocycles. The van der Waals surface area contributed by atoms with Crippen molar-refractivity contribution in [2.24, 2.45) is 5.92 Å². The van der Waals surface area contributed by atoms with Crippen molar-refractivity contribution >= 4 is 15.8 Å². The van der Waals surface area contributed by atoms with Crippen LogP contribution in [0.3, 0.4) is 0 Å². The van der Waals surface area contributed by atoms with Crippen LogP contribution < -0.4 is 0 Å². The summed E-state index contributed by atoms with van der Waals surface area (Å²) in [6.45, 7) is 0. The first-order chi connectivity index (χ1) is 7.91. The highest BCUT2D eigenvalue weighted by Crippen LogP contribution is 2.36. The Balaban J connectivity index is 2.19. The topological polar surface area (TPSA) is 71.4 Å². The number of benzene rings is 1. The van der Waals surface area contributed by atoms with E-state index in [-0.39, 0.29) is 17.7 Å². The van der Waals surface area contributed by atoms with Gasteiger partial charge >= 0.3 is 5.97 Å². The van der Waals surface area contributed by atoms with E-state index in [1.807, 2.05) is 0 Å². The second-order valence-electron chi connectivity index (χ2n) is 4.13. The summed E-state index contributed by atoms with van der Waals surface area (Å²) < 4.78 is 36.9. The quantitative estimate of drug-likeness (QED) is 0.891. The molecule has 6 heteroatoms. The fraction of sp³-hybridized carbons (Fsp3) is 0.364. The summed E-state index contributed by atoms with van der Waals surface area (Å²) in [6, 6.07) is 4.78. The molecule has 1 fully saturated rings. The molecule has 1 aromatic carbocycles. The summed E-state index contributed by atoms with van der Waals surface area (Å²) in [6.07, 6.45) is 0.211. The molecule has 0 aliphatic heterocycles. The zero-order valence-electron chi connectivity index (χ0n) is 8.84. The van der Waals surface area contributed by atoms with Crippen molar-refractivity contribution in [3.8, 4) is 0 Å². The molecule has 2 rings (SSSR count). The highest BCUT2D eigenvalue weighted by Gasteiger charge is 2.42. The number of carboxylic acid groups (broad SMARTS) is 1. The van der Waals surface area contributed by atoms with Gasteiger partial charge in [-0.05, 0) is 31.0 Å². The SMILES string of the molecule is O=C(O)C1CC(S(=O)(=O)c2cccc(F)c2)C1. The molecule has 0 amide bonds. The van der Waals surface area contributed by atoms with Gasteiger partial charge in [-0.2, -0.15) is 0 Å². The van der Waals surface area contributed by atoms with Gasteiger partial charge in [0.1, 0.15) is 5.82 Å². The summed E-state index contributed by atoms with van der Waals surface area (Å²) in [7, 11) is -3.59. The summed E-state index contributed by atoms with van der Waals surface area (Å²) in [4.78, 5) is 10.5. The van der Waals surface area contributed by atoms with Crippen molar-refractivity contribution in [3.05, 3.63) is 30.1 Å². The number of aliphatic carboxylic acids is 1. The molecule has 0 atom stereocenters. The van der Waals surface area contributed by atoms with Gasteiger partial charge in [0.2, 0.25) is 0 Å². The van der Waals surface area contributed by atoms with E-state index in [4.69, 9.17) is 5.11 Å². The standard InChI is InChI=1S/C11H11FO4S/c12-8-2-1-3-9(6-8)17(15,16)10-4-7(5-10)11(13)14/h1-3,6-7,10H,4-5H2,(H,13,14). The monoisotopic (exact) mass is 258 g/mol. The molecule has 1 aromatic rings. The minimum atomic E-state index is -3.59. The molecule has 17 heavy (non-hydrogen) atoms. The lowest BCUT2D eigenvalue weighted by Gasteiger charge is -2.31. The van der Waals surface area contributed by atoms with Gasteiger partial charge in [0.05, 0.1) is 16.1 Å². The van der Waals surface area contributed by atoms with Gasteiger partial charge in [-0.15, -0.1) is 0 Å². The maximum Gasteiger partial charge on any atom is 0.306 e. The number of carbonyl (C=O) groups is 1. The van der Waals surface area contributed by atoms with Crippen LogP contribution in [0.25, 0.3) is 0 Å². The first kappa shape index (κ1) is 12.0. The second kappa shape index (κ2) is 4.10. The van der Waals surface area contributed by atoms with Crippen LogP contribution in [-0.2, 0) is 14.6 Å². The summed E-state index contributed by atoms with van der Waals surface area (Å²) in [5.41, 5.74) is 0. The third kappa shape index (κ3) is 2.17. The van der Waals surface area contributed by atoms with Gasteiger partial charge in [-0.25, -0.2) is 12.8 Å². The van der Waals surface area contributed by atoms with Crippen LogP contribution >= 0.6 is 0 Å². The van der Waals surface area contributed by atoms with E-state index in [1.165, 1.54) is 18.2 Å². The number of rotatable bonds is 3. The average molecular weight is 258 g/mol. The van der Waals surface area contributed by atoms with Crippen LogP contribution in [0, 0.1) is 11.7 Å². The predicted molar refractivity (Wildman–Crippen MR) is 57.7 cm³/mol. The minimum absolute atomic E-state index is 0.0775. The van der Waals surface area contributed by atoms with E-state index in [1.54, 1.807) is 0 Å². The van der Waals surface area contributed by atoms with Gasteiger partial charge in [-0.3, -0.25) is 4.79 Å². The molecule has 1 aliphatic rings. The predicted octanol–water partition coefficient (Wildman–Crippen LogP) is 1.46. The van der Waals surface area contributed by atoms with Crippen LogP contribution in [0.4, 0.5) is 4.39 Å². The minimum Gasteiger partial charge on any atom is -0.481 e. The van der Waals surface area contributed by atoms with Crippen LogP contribution in [0.5, 0.6) is 0 Å². The van der Waals surface area contributed by atoms with E-state index < -0.39 is 32.8 Å². The summed E-state index contributed by atoms with van der Waals surface area (Å²) in [5, 5.41) is 7.97. The van der Waals surface area contributed by atoms with Crippen molar-refractivity contribution in [1.82, 2.24) is 0 Å². The Morgan fingerprint density at radius 3 is 2.53 bits per heavy atom. The van der Waals surface area contributed by atoms with Crippen molar-refractivity contribution in [3.63, 3.8) is 0 Å². The first-order valence-corrected chi connectivity index (χ1v) is 6.68. The third-order valence-electron chi connectivity index (χ3n) is 3.01. The van der Waals surface area contributed by atoms with Crippen LogP contribution in [0.15, 0.2) is 29.2 Å². The van der Waals surface area contributed by atoms with Gasteiger partial charge in [-0.1, -0.05) is 6.07 Å². The van der Waals surface area contributed by atoms with Crippen LogP contribution in [0.1, 0.15) is 12.8 Å². The molecule has 1 N–H and O–H groups in total. The maximum absolute atomic E-state index is 12.9. The number of halogens is 1. The van der Waals surface area contributed by atoms with Gasteiger partial charge < -0.3 is 5.11 Å². The largest absolute Gasteiger partial charge is 0.481 e. The molecule has 0 radical (unpaired) electrons. The van der Waals surface area contributed by atoms with Crippen molar-refractivity contribution < 1.29 is 22.7 Å². The summed E-state index contributed by atoms with van der Waals surface area (Å²) in [5.74, 6) is -2.18. The zero-order valence-corrected chi connectivity index (χ0v) is 9.65. The van der Waals surface area contributed by atoms with Gasteiger partial charge in [0.25, 0.3) is 0 Å². The van der Waals surface area contributed by atoms with Crippen molar-refractivity contribution in [2.45, 2.75) is 23.0 Å². The highest BCUT2D eigenvalue weighted by atomic mass is 32.2. The first-order valence-electron chi connectivity index (χ1n) is 5.13. The van der Waals surface area contributed by atoms with Crippen LogP contribution in [-0.4, -0.2) is 24.7 Å². The van der Waals surface area contributed by atoms with Crippen LogP contribution in [0.2, 0.25) is 0 Å². The lowest BCUT2D eigenvalue weighted by atomic mass is 9.85. The lowest BCUT2D eigenvalue weighted by molar-refractivity contribution is -0.144. The molecule has 4 nitrogen and oxygen atoms in total. The fourth-order valence-electron chi connectivity index (χ4n) is 1.86. The Hall–Kier alpha value is -1.43. The molecule has 0 aromatic heterocycles. The highest BCUT2D eigenvalue weighted by molar-refractivity contribution is 7.92. The number of sulfone groups is 1. The Bertz CT molecular complexity index is 546. The Morgan fingerprint density at radius 2 is 2.00 bits per heavy atom. The van der Waals surface area contributed by atoms with Crippen molar-refractivity contribution in [1.29, 1.82) is 0 Å². The lowest BCUT2D eigenvalue weighted by Crippen LogP contribution is -2.39. The molecule has 1 saturated carbocycles. The van der Waals surface area contributed by atoms with E-state index in [9.17, 15) is 17.6 Å². The smallest absolute Gasteiger partial charge is 0.306 e. The molecule has 0 spiro atoms. The number of hydrogen-bond donors (Lipinski definition) is 1. The number of hydrogen-bond acceptors (Lipinski definition) is 3. The molecule has 0 heterocycles. The second-order valence-corrected chi connectivity index (χ2v) is 6.36. The zero-order chi connectivity index (χ0) is 12.6. The molecule has 92 valence electrons. The molecular formula is C11H11FO4S.